The Balaban J connectivity index is 1.94. The van der Waals surface area contributed by atoms with Crippen LogP contribution in [0.15, 0.2) is 60.7 Å². The van der Waals surface area contributed by atoms with Crippen molar-refractivity contribution in [2.75, 3.05) is 0 Å². The van der Waals surface area contributed by atoms with E-state index in [0.717, 1.165) is 0 Å². The number of Topliss-reactive ketones (excluding diaryl/α,β-unsaturated/α-hetero) is 1. The van der Waals surface area contributed by atoms with E-state index in [2.05, 4.69) is 24.3 Å². The van der Waals surface area contributed by atoms with Crippen molar-refractivity contribution in [3.8, 4) is 0 Å². The lowest BCUT2D eigenvalue weighted by atomic mass is 10.0. The molecule has 0 saturated heterocycles. The van der Waals surface area contributed by atoms with Crippen LogP contribution >= 0.6 is 0 Å². The van der Waals surface area contributed by atoms with Crippen molar-refractivity contribution in [1.29, 1.82) is 0 Å². The molecule has 0 bridgehead atoms. The first-order valence-corrected chi connectivity index (χ1v) is 6.39. The molecule has 1 unspecified atom stereocenters. The van der Waals surface area contributed by atoms with E-state index in [1.165, 1.54) is 11.1 Å². The molecule has 0 spiro atoms. The van der Waals surface area contributed by atoms with Crippen molar-refractivity contribution < 1.29 is 4.79 Å². The van der Waals surface area contributed by atoms with E-state index in [9.17, 15) is 4.79 Å². The van der Waals surface area contributed by atoms with Crippen LogP contribution in [0.3, 0.4) is 0 Å². The lowest BCUT2D eigenvalue weighted by Gasteiger charge is -2.00. The minimum Gasteiger partial charge on any atom is -0.300 e. The van der Waals surface area contributed by atoms with Crippen LogP contribution < -0.4 is 0 Å². The Morgan fingerprint density at radius 3 is 1.50 bits per heavy atom. The molecule has 1 nitrogen and oxygen atoms in total. The van der Waals surface area contributed by atoms with Crippen LogP contribution in [0.2, 0.25) is 0 Å². The molecule has 0 amide bonds. The van der Waals surface area contributed by atoms with Crippen LogP contribution in [-0.2, 0) is 4.79 Å². The highest BCUT2D eigenvalue weighted by atomic mass is 16.1. The summed E-state index contributed by atoms with van der Waals surface area (Å²) in [5.41, 5.74) is 2.57. The molecule has 2 aromatic rings. The van der Waals surface area contributed by atoms with E-state index >= 15 is 0 Å². The van der Waals surface area contributed by atoms with Gasteiger partial charge in [0.15, 0.2) is 0 Å². The molecular weight excluding hydrogens is 220 g/mol. The zero-order valence-corrected chi connectivity index (χ0v) is 10.4. The smallest absolute Gasteiger partial charge is 0.134 e. The van der Waals surface area contributed by atoms with Gasteiger partial charge in [0.1, 0.15) is 5.78 Å². The van der Waals surface area contributed by atoms with E-state index in [-0.39, 0.29) is 5.92 Å². The molecule has 0 N–H and O–H groups in total. The van der Waals surface area contributed by atoms with Gasteiger partial charge in [0, 0.05) is 17.8 Å². The molecule has 1 aliphatic rings. The fraction of sp³-hybridized carbons (Fsp3) is 0.235. The number of carbonyl (C=O) groups excluding carboxylic acids is 1. The SMILES string of the molecule is CC(=O)C1[C@@H](c2ccccc2)[C@H]1c1ccccc1. The third kappa shape index (κ3) is 1.86. The molecule has 2 aromatic carbocycles. The number of benzene rings is 2. The highest BCUT2D eigenvalue weighted by Crippen LogP contribution is 2.60. The van der Waals surface area contributed by atoms with Gasteiger partial charge in [0.2, 0.25) is 0 Å². The van der Waals surface area contributed by atoms with Crippen molar-refractivity contribution in [2.24, 2.45) is 5.92 Å². The Labute approximate surface area is 107 Å². The summed E-state index contributed by atoms with van der Waals surface area (Å²) < 4.78 is 0. The monoisotopic (exact) mass is 236 g/mol. The second-order valence-electron chi connectivity index (χ2n) is 5.01. The molecule has 1 aliphatic carbocycles. The highest BCUT2D eigenvalue weighted by Gasteiger charge is 2.54. The van der Waals surface area contributed by atoms with E-state index < -0.39 is 0 Å². The second-order valence-corrected chi connectivity index (χ2v) is 5.01. The first-order valence-electron chi connectivity index (χ1n) is 6.39. The Morgan fingerprint density at radius 2 is 1.17 bits per heavy atom. The normalized spacial score (nSPS) is 25.7. The Morgan fingerprint density at radius 1 is 0.778 bits per heavy atom. The van der Waals surface area contributed by atoms with Crippen molar-refractivity contribution in [2.45, 2.75) is 18.8 Å². The fourth-order valence-corrected chi connectivity index (χ4v) is 3.00. The first-order chi connectivity index (χ1) is 8.79. The van der Waals surface area contributed by atoms with Gasteiger partial charge in [0.05, 0.1) is 0 Å². The first kappa shape index (κ1) is 11.2. The summed E-state index contributed by atoms with van der Waals surface area (Å²) in [5.74, 6) is 1.20. The predicted molar refractivity (Wildman–Crippen MR) is 72.5 cm³/mol. The molecule has 0 aromatic heterocycles. The molecule has 0 aliphatic heterocycles. The van der Waals surface area contributed by atoms with Gasteiger partial charge in [-0.1, -0.05) is 60.7 Å². The van der Waals surface area contributed by atoms with Gasteiger partial charge < -0.3 is 0 Å². The average molecular weight is 236 g/mol. The van der Waals surface area contributed by atoms with Gasteiger partial charge in [0.25, 0.3) is 0 Å². The predicted octanol–water partition coefficient (Wildman–Crippen LogP) is 3.77. The molecule has 0 radical (unpaired) electrons. The zero-order valence-electron chi connectivity index (χ0n) is 10.4. The third-order valence-corrected chi connectivity index (χ3v) is 3.86. The molecule has 1 fully saturated rings. The summed E-state index contributed by atoms with van der Waals surface area (Å²) in [6.45, 7) is 1.71. The summed E-state index contributed by atoms with van der Waals surface area (Å²) in [5, 5.41) is 0. The standard InChI is InChI=1S/C17H16O/c1-12(18)15-16(13-8-4-2-5-9-13)17(15)14-10-6-3-7-11-14/h2-11,15-17H,1H3/t15?,16-,17+. The average Bonchev–Trinajstić information content (AvgIpc) is 3.16. The van der Waals surface area contributed by atoms with Crippen LogP contribution in [0.4, 0.5) is 0 Å². The maximum Gasteiger partial charge on any atom is 0.134 e. The van der Waals surface area contributed by atoms with Crippen molar-refractivity contribution >= 4 is 5.78 Å². The molecule has 1 heteroatoms. The van der Waals surface area contributed by atoms with Crippen molar-refractivity contribution in [1.82, 2.24) is 0 Å². The Bertz CT molecular complexity index is 499. The largest absolute Gasteiger partial charge is 0.300 e. The molecule has 90 valence electrons. The summed E-state index contributed by atoms with van der Waals surface area (Å²) >= 11 is 0. The lowest BCUT2D eigenvalue weighted by molar-refractivity contribution is -0.118. The lowest BCUT2D eigenvalue weighted by Crippen LogP contribution is -1.95. The number of carbonyl (C=O) groups is 1. The van der Waals surface area contributed by atoms with Gasteiger partial charge in [-0.15, -0.1) is 0 Å². The van der Waals surface area contributed by atoms with Crippen molar-refractivity contribution in [3.63, 3.8) is 0 Å². The maximum atomic E-state index is 11.8. The molecular formula is C17H16O. The highest BCUT2D eigenvalue weighted by molar-refractivity contribution is 5.85. The summed E-state index contributed by atoms with van der Waals surface area (Å²) in [6, 6.07) is 20.7. The number of ketones is 1. The minimum absolute atomic E-state index is 0.162. The minimum atomic E-state index is 0.162. The molecule has 0 heterocycles. The molecule has 3 atom stereocenters. The van der Waals surface area contributed by atoms with E-state index in [1.54, 1.807) is 6.92 Å². The Kier molecular flexibility index (Phi) is 2.75. The van der Waals surface area contributed by atoms with Crippen LogP contribution in [0.25, 0.3) is 0 Å². The van der Waals surface area contributed by atoms with Crippen LogP contribution in [0, 0.1) is 5.92 Å². The van der Waals surface area contributed by atoms with Gasteiger partial charge in [-0.3, -0.25) is 4.79 Å². The maximum absolute atomic E-state index is 11.8. The quantitative estimate of drug-likeness (QED) is 0.792. The summed E-state index contributed by atoms with van der Waals surface area (Å²) in [4.78, 5) is 11.8. The van der Waals surface area contributed by atoms with Crippen LogP contribution in [-0.4, -0.2) is 5.78 Å². The molecule has 3 rings (SSSR count). The number of hydrogen-bond acceptors (Lipinski definition) is 1. The summed E-state index contributed by atoms with van der Waals surface area (Å²) in [6.07, 6.45) is 0. The topological polar surface area (TPSA) is 17.1 Å². The van der Waals surface area contributed by atoms with Gasteiger partial charge in [-0.2, -0.15) is 0 Å². The Hall–Kier alpha value is -1.89. The van der Waals surface area contributed by atoms with Gasteiger partial charge in [-0.05, 0) is 18.1 Å². The zero-order chi connectivity index (χ0) is 12.5. The van der Waals surface area contributed by atoms with Crippen LogP contribution in [0.5, 0.6) is 0 Å². The van der Waals surface area contributed by atoms with E-state index in [4.69, 9.17) is 0 Å². The van der Waals surface area contributed by atoms with Gasteiger partial charge >= 0.3 is 0 Å². The summed E-state index contributed by atoms with van der Waals surface area (Å²) in [7, 11) is 0. The van der Waals surface area contributed by atoms with E-state index in [1.807, 2.05) is 36.4 Å². The number of rotatable bonds is 3. The molecule has 1 saturated carbocycles. The fourth-order valence-electron chi connectivity index (χ4n) is 3.00. The number of hydrogen-bond donors (Lipinski definition) is 0. The molecule has 18 heavy (non-hydrogen) atoms. The van der Waals surface area contributed by atoms with Crippen LogP contribution in [0.1, 0.15) is 29.9 Å². The van der Waals surface area contributed by atoms with Crippen molar-refractivity contribution in [3.05, 3.63) is 71.8 Å². The third-order valence-electron chi connectivity index (χ3n) is 3.86. The second kappa shape index (κ2) is 4.41. The van der Waals surface area contributed by atoms with E-state index in [0.29, 0.717) is 17.6 Å². The van der Waals surface area contributed by atoms with Gasteiger partial charge in [-0.25, -0.2) is 0 Å².